The van der Waals surface area contributed by atoms with Gasteiger partial charge in [-0.2, -0.15) is 4.98 Å². The van der Waals surface area contributed by atoms with Crippen molar-refractivity contribution >= 4 is 29.1 Å². The molecule has 0 unspecified atom stereocenters. The topological polar surface area (TPSA) is 95.1 Å². The molecule has 0 aromatic carbocycles. The predicted molar refractivity (Wildman–Crippen MR) is 71.4 cm³/mol. The van der Waals surface area contributed by atoms with E-state index in [-0.39, 0.29) is 22.9 Å². The van der Waals surface area contributed by atoms with Crippen molar-refractivity contribution in [3.05, 3.63) is 29.2 Å². The molecule has 2 heterocycles. The van der Waals surface area contributed by atoms with E-state index in [4.69, 9.17) is 22.1 Å². The second kappa shape index (κ2) is 5.15. The standard InChI is InChI=1S/C11H12ClN5O2/c1-17-5-6(13)3-7(17)10(18)16-11-14-8(12)4-9(15-11)19-2/h3-5H,13H2,1-2H3,(H,14,15,16,18). The molecular weight excluding hydrogens is 270 g/mol. The number of methoxy groups -OCH3 is 1. The molecule has 1 amide bonds. The highest BCUT2D eigenvalue weighted by Gasteiger charge is 2.13. The van der Waals surface area contributed by atoms with Crippen LogP contribution in [-0.4, -0.2) is 27.6 Å². The van der Waals surface area contributed by atoms with E-state index in [2.05, 4.69) is 15.3 Å². The van der Waals surface area contributed by atoms with Gasteiger partial charge in [-0.25, -0.2) is 4.98 Å². The van der Waals surface area contributed by atoms with Crippen LogP contribution < -0.4 is 15.8 Å². The first-order chi connectivity index (χ1) is 8.99. The Balaban J connectivity index is 2.23. The Bertz CT molecular complexity index is 626. The fraction of sp³-hybridized carbons (Fsp3) is 0.182. The maximum absolute atomic E-state index is 12.0. The van der Waals surface area contributed by atoms with Crippen molar-refractivity contribution in [3.63, 3.8) is 0 Å². The summed E-state index contributed by atoms with van der Waals surface area (Å²) in [6.45, 7) is 0. The first-order valence-corrected chi connectivity index (χ1v) is 5.69. The lowest BCUT2D eigenvalue weighted by atomic mass is 10.4. The number of nitrogen functional groups attached to an aromatic ring is 1. The van der Waals surface area contributed by atoms with E-state index in [0.717, 1.165) is 0 Å². The van der Waals surface area contributed by atoms with Gasteiger partial charge in [-0.05, 0) is 6.07 Å². The number of rotatable bonds is 3. The van der Waals surface area contributed by atoms with Gasteiger partial charge < -0.3 is 15.0 Å². The van der Waals surface area contributed by atoms with E-state index >= 15 is 0 Å². The third-order valence-electron chi connectivity index (χ3n) is 2.36. The Labute approximate surface area is 114 Å². The molecule has 7 nitrogen and oxygen atoms in total. The zero-order valence-electron chi connectivity index (χ0n) is 10.3. The lowest BCUT2D eigenvalue weighted by Crippen LogP contribution is -2.17. The minimum absolute atomic E-state index is 0.0640. The van der Waals surface area contributed by atoms with Crippen LogP contribution in [0, 0.1) is 0 Å². The molecule has 2 rings (SSSR count). The molecule has 0 bridgehead atoms. The largest absolute Gasteiger partial charge is 0.481 e. The Kier molecular flexibility index (Phi) is 3.57. The average molecular weight is 282 g/mol. The van der Waals surface area contributed by atoms with Crippen LogP contribution in [0.5, 0.6) is 5.88 Å². The normalized spacial score (nSPS) is 10.3. The predicted octanol–water partition coefficient (Wildman–Crippen LogP) is 1.31. The van der Waals surface area contributed by atoms with Crippen molar-refractivity contribution < 1.29 is 9.53 Å². The molecule has 3 N–H and O–H groups in total. The number of amides is 1. The van der Waals surface area contributed by atoms with Crippen molar-refractivity contribution in [1.29, 1.82) is 0 Å². The van der Waals surface area contributed by atoms with E-state index in [1.54, 1.807) is 23.9 Å². The summed E-state index contributed by atoms with van der Waals surface area (Å²) in [5.74, 6) is -0.0562. The third kappa shape index (κ3) is 2.94. The van der Waals surface area contributed by atoms with Crippen LogP contribution in [0.3, 0.4) is 0 Å². The Morgan fingerprint density at radius 2 is 2.21 bits per heavy atom. The van der Waals surface area contributed by atoms with Gasteiger partial charge in [0.15, 0.2) is 0 Å². The van der Waals surface area contributed by atoms with Crippen molar-refractivity contribution in [2.45, 2.75) is 0 Å². The minimum atomic E-state index is -0.386. The number of hydrogen-bond acceptors (Lipinski definition) is 5. The van der Waals surface area contributed by atoms with E-state index in [0.29, 0.717) is 11.4 Å². The number of aryl methyl sites for hydroxylation is 1. The van der Waals surface area contributed by atoms with Crippen LogP contribution in [-0.2, 0) is 7.05 Å². The summed E-state index contributed by atoms with van der Waals surface area (Å²) in [4.78, 5) is 19.9. The van der Waals surface area contributed by atoms with Gasteiger partial charge in [0.05, 0.1) is 12.8 Å². The van der Waals surface area contributed by atoms with Gasteiger partial charge in [0.25, 0.3) is 5.91 Å². The Hall–Kier alpha value is -2.28. The lowest BCUT2D eigenvalue weighted by molar-refractivity contribution is 0.101. The summed E-state index contributed by atoms with van der Waals surface area (Å²) in [6, 6.07) is 2.99. The van der Waals surface area contributed by atoms with Gasteiger partial charge >= 0.3 is 0 Å². The number of halogens is 1. The molecule has 2 aromatic heterocycles. The number of nitrogens with one attached hydrogen (secondary N) is 1. The van der Waals surface area contributed by atoms with Crippen LogP contribution in [0.1, 0.15) is 10.5 Å². The average Bonchev–Trinajstić information content (AvgIpc) is 2.67. The van der Waals surface area contributed by atoms with Gasteiger partial charge in [0, 0.05) is 19.3 Å². The molecule has 0 spiro atoms. The quantitative estimate of drug-likeness (QED) is 0.827. The molecule has 100 valence electrons. The molecule has 0 saturated heterocycles. The number of nitrogens with zero attached hydrogens (tertiary/aromatic N) is 3. The highest BCUT2D eigenvalue weighted by molar-refractivity contribution is 6.29. The molecule has 0 aliphatic rings. The van der Waals surface area contributed by atoms with E-state index in [1.807, 2.05) is 0 Å². The number of aromatic nitrogens is 3. The Morgan fingerprint density at radius 3 is 2.79 bits per heavy atom. The fourth-order valence-corrected chi connectivity index (χ4v) is 1.71. The second-order valence-corrected chi connectivity index (χ2v) is 4.17. The monoisotopic (exact) mass is 281 g/mol. The summed E-state index contributed by atoms with van der Waals surface area (Å²) in [6.07, 6.45) is 1.63. The summed E-state index contributed by atoms with van der Waals surface area (Å²) in [5, 5.41) is 2.70. The summed E-state index contributed by atoms with van der Waals surface area (Å²) >= 11 is 5.79. The van der Waals surface area contributed by atoms with Gasteiger partial charge in [0.2, 0.25) is 11.8 Å². The van der Waals surface area contributed by atoms with Crippen LogP contribution in [0.15, 0.2) is 18.3 Å². The number of carbonyl (C=O) groups is 1. The highest BCUT2D eigenvalue weighted by atomic mass is 35.5. The molecule has 19 heavy (non-hydrogen) atoms. The molecule has 8 heteroatoms. The van der Waals surface area contributed by atoms with Crippen LogP contribution in [0.4, 0.5) is 11.6 Å². The molecule has 0 fully saturated rings. The summed E-state index contributed by atoms with van der Waals surface area (Å²) in [7, 11) is 3.16. The van der Waals surface area contributed by atoms with Crippen molar-refractivity contribution in [2.75, 3.05) is 18.2 Å². The number of carbonyl (C=O) groups excluding carboxylic acids is 1. The summed E-state index contributed by atoms with van der Waals surface area (Å²) in [5.41, 5.74) is 6.49. The van der Waals surface area contributed by atoms with Crippen molar-refractivity contribution in [2.24, 2.45) is 7.05 Å². The maximum atomic E-state index is 12.0. The number of nitrogens with two attached hydrogens (primary N) is 1. The molecular formula is C11H12ClN5O2. The van der Waals surface area contributed by atoms with Crippen molar-refractivity contribution in [1.82, 2.24) is 14.5 Å². The first-order valence-electron chi connectivity index (χ1n) is 5.31. The Morgan fingerprint density at radius 1 is 1.47 bits per heavy atom. The molecule has 2 aromatic rings. The maximum Gasteiger partial charge on any atom is 0.274 e. The third-order valence-corrected chi connectivity index (χ3v) is 2.56. The lowest BCUT2D eigenvalue weighted by Gasteiger charge is -2.06. The molecule has 0 atom stereocenters. The van der Waals surface area contributed by atoms with E-state index < -0.39 is 0 Å². The van der Waals surface area contributed by atoms with Gasteiger partial charge in [0.1, 0.15) is 10.8 Å². The van der Waals surface area contributed by atoms with Crippen LogP contribution in [0.25, 0.3) is 0 Å². The van der Waals surface area contributed by atoms with E-state index in [9.17, 15) is 4.79 Å². The van der Waals surface area contributed by atoms with Gasteiger partial charge in [-0.15, -0.1) is 0 Å². The zero-order valence-corrected chi connectivity index (χ0v) is 11.1. The van der Waals surface area contributed by atoms with E-state index in [1.165, 1.54) is 13.2 Å². The number of ether oxygens (including phenoxy) is 1. The van der Waals surface area contributed by atoms with Gasteiger partial charge in [-0.1, -0.05) is 11.6 Å². The highest BCUT2D eigenvalue weighted by Crippen LogP contribution is 2.17. The molecule has 0 aliphatic carbocycles. The fourth-order valence-electron chi connectivity index (χ4n) is 1.54. The summed E-state index contributed by atoms with van der Waals surface area (Å²) < 4.78 is 6.54. The van der Waals surface area contributed by atoms with Crippen LogP contribution >= 0.6 is 11.6 Å². The number of anilines is 2. The van der Waals surface area contributed by atoms with Gasteiger partial charge in [-0.3, -0.25) is 10.1 Å². The van der Waals surface area contributed by atoms with Crippen LogP contribution in [0.2, 0.25) is 5.15 Å². The SMILES string of the molecule is COc1cc(Cl)nc(NC(=O)c2cc(N)cn2C)n1. The smallest absolute Gasteiger partial charge is 0.274 e. The number of hydrogen-bond donors (Lipinski definition) is 2. The molecule has 0 saturated carbocycles. The molecule has 0 aliphatic heterocycles. The minimum Gasteiger partial charge on any atom is -0.481 e. The second-order valence-electron chi connectivity index (χ2n) is 3.78. The zero-order chi connectivity index (χ0) is 14.0. The first kappa shape index (κ1) is 13.2. The molecule has 0 radical (unpaired) electrons. The van der Waals surface area contributed by atoms with Crippen molar-refractivity contribution in [3.8, 4) is 5.88 Å².